The SMILES string of the molecule is CO[C@H]1C[C@H](O[C@H]2[C@H](C)O[C@@H](O[C@@H]3/C(C)=C\C[C@@H]4C[C@@H](C[C@]5(C=C[C@H](C)[C@@H](C(C)C)O5)O4)OC(=O)[C@@H]4C=C(C)[C@@H](O)[C@H]5OC[C@]6(O[C@H]6C=C[C@@H]3C)[C@]54O)C[C@@H]2OC)O[C@@H](C)[C@@H]1O. The third kappa shape index (κ3) is 8.46. The van der Waals surface area contributed by atoms with E-state index in [-0.39, 0.29) is 36.9 Å². The molecule has 0 amide bonds. The van der Waals surface area contributed by atoms with Crippen molar-refractivity contribution in [1.82, 2.24) is 0 Å². The molecule has 0 aromatic heterocycles. The Bertz CT molecular complexity index is 1750. The van der Waals surface area contributed by atoms with Crippen molar-refractivity contribution < 1.29 is 72.2 Å². The third-order valence-electron chi connectivity index (χ3n) is 14.8. The van der Waals surface area contributed by atoms with Gasteiger partial charge < -0.3 is 67.4 Å². The summed E-state index contributed by atoms with van der Waals surface area (Å²) in [6, 6.07) is 0. The maximum absolute atomic E-state index is 14.4. The first-order valence-electron chi connectivity index (χ1n) is 22.8. The van der Waals surface area contributed by atoms with Gasteiger partial charge in [-0.05, 0) is 57.3 Å². The van der Waals surface area contributed by atoms with Crippen LogP contribution in [0.3, 0.4) is 0 Å². The number of carbonyl (C=O) groups is 1. The molecule has 15 nitrogen and oxygen atoms in total. The summed E-state index contributed by atoms with van der Waals surface area (Å²) in [6.07, 6.45) is 4.95. The summed E-state index contributed by atoms with van der Waals surface area (Å²) in [5.74, 6) is -2.74. The van der Waals surface area contributed by atoms with Gasteiger partial charge >= 0.3 is 5.97 Å². The molecule has 8 aliphatic rings. The van der Waals surface area contributed by atoms with E-state index in [1.807, 2.05) is 32.1 Å². The van der Waals surface area contributed by atoms with Crippen molar-refractivity contribution in [2.24, 2.45) is 23.7 Å². The van der Waals surface area contributed by atoms with Gasteiger partial charge in [0.25, 0.3) is 0 Å². The maximum atomic E-state index is 14.4. The van der Waals surface area contributed by atoms with Crippen LogP contribution in [0, 0.1) is 23.7 Å². The number of ether oxygens (including phenoxy) is 11. The van der Waals surface area contributed by atoms with E-state index >= 15 is 0 Å². The lowest BCUT2D eigenvalue weighted by Crippen LogP contribution is -2.63. The predicted molar refractivity (Wildman–Crippen MR) is 222 cm³/mol. The lowest BCUT2D eigenvalue weighted by atomic mass is 9.67. The van der Waals surface area contributed by atoms with Gasteiger partial charge in [-0.15, -0.1) is 0 Å². The van der Waals surface area contributed by atoms with E-state index in [0.29, 0.717) is 31.3 Å². The Morgan fingerprint density at radius 1 is 0.823 bits per heavy atom. The largest absolute Gasteiger partial charge is 0.462 e. The van der Waals surface area contributed by atoms with Crippen molar-refractivity contribution in [2.75, 3.05) is 20.8 Å². The Kier molecular flexibility index (Phi) is 13.4. The molecule has 2 bridgehead atoms. The number of aliphatic hydroxyl groups is 3. The first kappa shape index (κ1) is 46.4. The third-order valence-corrected chi connectivity index (χ3v) is 14.8. The van der Waals surface area contributed by atoms with Crippen LogP contribution in [0.2, 0.25) is 0 Å². The Balaban J connectivity index is 1.08. The molecular weight excluding hydrogens is 805 g/mol. The molecule has 0 radical (unpaired) electrons. The molecule has 3 N–H and O–H groups in total. The van der Waals surface area contributed by atoms with E-state index in [1.54, 1.807) is 34.1 Å². The van der Waals surface area contributed by atoms with Crippen LogP contribution in [0.4, 0.5) is 0 Å². The minimum Gasteiger partial charge on any atom is -0.462 e. The second-order valence-corrected chi connectivity index (χ2v) is 19.6. The maximum Gasteiger partial charge on any atom is 0.316 e. The molecule has 5 fully saturated rings. The van der Waals surface area contributed by atoms with Gasteiger partial charge in [0.15, 0.2) is 24.0 Å². The average Bonchev–Trinajstić information content (AvgIpc) is 3.87. The van der Waals surface area contributed by atoms with Gasteiger partial charge in [-0.25, -0.2) is 0 Å². The highest BCUT2D eigenvalue weighted by molar-refractivity contribution is 5.78. The average molecular weight is 875 g/mol. The van der Waals surface area contributed by atoms with Crippen molar-refractivity contribution in [1.29, 1.82) is 0 Å². The molecule has 8 rings (SSSR count). The fraction of sp³-hybridized carbons (Fsp3) is 0.809. The zero-order valence-electron chi connectivity index (χ0n) is 37.9. The number of hydrogen-bond donors (Lipinski definition) is 3. The molecule has 62 heavy (non-hydrogen) atoms. The number of methoxy groups -OCH3 is 2. The van der Waals surface area contributed by atoms with E-state index in [1.165, 1.54) is 0 Å². The molecule has 21 atom stereocenters. The molecule has 348 valence electrons. The molecule has 1 aliphatic carbocycles. The van der Waals surface area contributed by atoms with Crippen molar-refractivity contribution in [3.05, 3.63) is 47.6 Å². The van der Waals surface area contributed by atoms with Crippen LogP contribution in [-0.2, 0) is 56.9 Å². The quantitative estimate of drug-likeness (QED) is 0.188. The second kappa shape index (κ2) is 17.9. The highest BCUT2D eigenvalue weighted by Gasteiger charge is 2.79. The fourth-order valence-electron chi connectivity index (χ4n) is 11.2. The highest BCUT2D eigenvalue weighted by atomic mass is 16.7. The molecule has 0 aromatic rings. The lowest BCUT2D eigenvalue weighted by Gasteiger charge is -2.48. The standard InChI is InChI=1S/C47H70O15/c1-23(2)40-26(5)15-16-45(62-40)21-31-18-30(60-45)13-11-24(3)41(58-37-20-34(53-10)42(29(8)56-37)59-36-19-33(52-9)39(49)28(7)55-36)25(4)12-14-35-46(61-35)22-54-43-38(48)27(6)17-32(44(50)57-31)47(43,46)51/h11-12,14-17,23,25-26,28-43,48-49,51H,13,18-22H2,1-10H3/b14-12?,24-11-/t25-,26-,28-,29-,30+,31-,32-,33-,34-,35-,36-,37-,38+,39-,40+,41+,42-,43+,45+,46+,47+/m0/s1. The van der Waals surface area contributed by atoms with Crippen molar-refractivity contribution in [2.45, 2.75) is 196 Å². The second-order valence-electron chi connectivity index (χ2n) is 19.6. The highest BCUT2D eigenvalue weighted by Crippen LogP contribution is 2.59. The smallest absolute Gasteiger partial charge is 0.316 e. The van der Waals surface area contributed by atoms with Gasteiger partial charge in [-0.3, -0.25) is 4.79 Å². The molecular formula is C47H70O15. The lowest BCUT2D eigenvalue weighted by molar-refractivity contribution is -0.318. The number of rotatable bonds is 7. The number of esters is 1. The molecule has 2 spiro atoms. The van der Waals surface area contributed by atoms with E-state index in [0.717, 1.165) is 5.57 Å². The summed E-state index contributed by atoms with van der Waals surface area (Å²) in [4.78, 5) is 14.4. The number of epoxide rings is 1. The minimum absolute atomic E-state index is 0.0127. The zero-order chi connectivity index (χ0) is 44.5. The van der Waals surface area contributed by atoms with E-state index in [2.05, 4.69) is 39.8 Å². The molecule has 0 unspecified atom stereocenters. The number of carbonyl (C=O) groups excluding carboxylic acids is 1. The fourth-order valence-corrected chi connectivity index (χ4v) is 11.2. The van der Waals surface area contributed by atoms with Gasteiger partial charge in [-0.1, -0.05) is 58.1 Å². The summed E-state index contributed by atoms with van der Waals surface area (Å²) in [5.41, 5.74) is -1.72. The van der Waals surface area contributed by atoms with Gasteiger partial charge in [0.05, 0.1) is 49.3 Å². The van der Waals surface area contributed by atoms with E-state index in [9.17, 15) is 20.1 Å². The summed E-state index contributed by atoms with van der Waals surface area (Å²) in [7, 11) is 3.21. The summed E-state index contributed by atoms with van der Waals surface area (Å²) in [5, 5.41) is 34.5. The molecule has 5 saturated heterocycles. The monoisotopic (exact) mass is 874 g/mol. The first-order chi connectivity index (χ1) is 29.4. The van der Waals surface area contributed by atoms with Crippen LogP contribution in [-0.4, -0.2) is 151 Å². The summed E-state index contributed by atoms with van der Waals surface area (Å²) < 4.78 is 70.0. The Morgan fingerprint density at radius 2 is 1.53 bits per heavy atom. The molecule has 0 saturated carbocycles. The van der Waals surface area contributed by atoms with Crippen molar-refractivity contribution in [3.8, 4) is 0 Å². The van der Waals surface area contributed by atoms with E-state index < -0.39 is 115 Å². The van der Waals surface area contributed by atoms with Crippen LogP contribution < -0.4 is 0 Å². The number of fused-ring (bicyclic) bond motifs is 2. The Hall–Kier alpha value is -2.09. The summed E-state index contributed by atoms with van der Waals surface area (Å²) >= 11 is 0. The van der Waals surface area contributed by atoms with Crippen LogP contribution >= 0.6 is 0 Å². The predicted octanol–water partition coefficient (Wildman–Crippen LogP) is 4.20. The normalized spacial score (nSPS) is 51.5. The van der Waals surface area contributed by atoms with Crippen LogP contribution in [0.25, 0.3) is 0 Å². The molecule has 7 aliphatic heterocycles. The Labute approximate surface area is 366 Å². The van der Waals surface area contributed by atoms with Gasteiger partial charge in [-0.2, -0.15) is 0 Å². The van der Waals surface area contributed by atoms with Crippen LogP contribution in [0.1, 0.15) is 87.5 Å². The topological polar surface area (TPSA) is 183 Å². The number of aliphatic hydroxyl groups excluding tert-OH is 2. The first-order valence-corrected chi connectivity index (χ1v) is 22.8. The molecule has 7 heterocycles. The van der Waals surface area contributed by atoms with Gasteiger partial charge in [0.2, 0.25) is 0 Å². The van der Waals surface area contributed by atoms with Gasteiger partial charge in [0.1, 0.15) is 48.1 Å². The van der Waals surface area contributed by atoms with Crippen LogP contribution in [0.15, 0.2) is 47.6 Å². The van der Waals surface area contributed by atoms with E-state index in [4.69, 9.17) is 52.1 Å². The van der Waals surface area contributed by atoms with Gasteiger partial charge in [0, 0.05) is 51.7 Å². The Morgan fingerprint density at radius 3 is 2.26 bits per heavy atom. The van der Waals surface area contributed by atoms with Crippen LogP contribution in [0.5, 0.6) is 0 Å². The van der Waals surface area contributed by atoms with Crippen molar-refractivity contribution >= 4 is 5.97 Å². The summed E-state index contributed by atoms with van der Waals surface area (Å²) in [6.45, 7) is 15.9. The molecule has 15 heteroatoms. The minimum atomic E-state index is -1.91. The van der Waals surface area contributed by atoms with Crippen molar-refractivity contribution in [3.63, 3.8) is 0 Å². The zero-order valence-corrected chi connectivity index (χ0v) is 37.9. The molecule has 0 aromatic carbocycles. The number of hydrogen-bond acceptors (Lipinski definition) is 15.